The number of benzene rings is 2. The molecule has 0 aliphatic carbocycles. The van der Waals surface area contributed by atoms with E-state index in [1.807, 2.05) is 11.0 Å². The summed E-state index contributed by atoms with van der Waals surface area (Å²) in [6, 6.07) is 13.5. The molecule has 2 aromatic carbocycles. The van der Waals surface area contributed by atoms with Gasteiger partial charge in [0.2, 0.25) is 5.91 Å². The summed E-state index contributed by atoms with van der Waals surface area (Å²) in [6.07, 6.45) is 8.78. The minimum Gasteiger partial charge on any atom is -0.449 e. The highest BCUT2D eigenvalue weighted by molar-refractivity contribution is 6.31. The van der Waals surface area contributed by atoms with E-state index >= 15 is 0 Å². The zero-order chi connectivity index (χ0) is 32.5. The summed E-state index contributed by atoms with van der Waals surface area (Å²) < 4.78 is 5.45. The number of unbranched alkanes of at least 4 members (excludes halogenated alkanes) is 1. The van der Waals surface area contributed by atoms with Crippen LogP contribution in [-0.2, 0) is 22.6 Å². The molecule has 0 unspecified atom stereocenters. The lowest BCUT2D eigenvalue weighted by Gasteiger charge is -2.40. The van der Waals surface area contributed by atoms with Gasteiger partial charge in [0.25, 0.3) is 0 Å². The van der Waals surface area contributed by atoms with Crippen LogP contribution in [0.2, 0.25) is 5.02 Å². The molecule has 0 spiro atoms. The Morgan fingerprint density at radius 1 is 0.804 bits per heavy atom. The van der Waals surface area contributed by atoms with Gasteiger partial charge in [0, 0.05) is 44.7 Å². The summed E-state index contributed by atoms with van der Waals surface area (Å²) in [5, 5.41) is 3.79. The zero-order valence-corrected chi connectivity index (χ0v) is 29.1. The molecule has 7 nitrogen and oxygen atoms in total. The fourth-order valence-electron chi connectivity index (χ4n) is 7.70. The Kier molecular flexibility index (Phi) is 12.8. The molecule has 1 N–H and O–H groups in total. The number of halogens is 1. The van der Waals surface area contributed by atoms with Crippen LogP contribution in [0.25, 0.3) is 11.1 Å². The number of carbonyl (C=O) groups excluding carboxylic acids is 2. The molecule has 3 saturated heterocycles. The standard InChI is InChI=1S/C38H55ClN4O3/c1-4-5-18-46-38(45)43-16-10-34(11-17-43)33-8-14-42(15-9-33)27-32-21-31(22-36(23-32)35-19-28(2)20-37(39)24-35)26-41-12-6-30(7-13-41)25-40-29(3)44/h19-24,30,33-34H,4-18,25-27H2,1-3H3,(H,40,44). The maximum atomic E-state index is 12.4. The highest BCUT2D eigenvalue weighted by atomic mass is 35.5. The number of carbonyl (C=O) groups is 2. The summed E-state index contributed by atoms with van der Waals surface area (Å²) in [4.78, 5) is 30.9. The van der Waals surface area contributed by atoms with E-state index in [9.17, 15) is 9.59 Å². The van der Waals surface area contributed by atoms with Gasteiger partial charge >= 0.3 is 6.09 Å². The van der Waals surface area contributed by atoms with Gasteiger partial charge in [-0.05, 0) is 148 Å². The Morgan fingerprint density at radius 3 is 1.93 bits per heavy atom. The summed E-state index contributed by atoms with van der Waals surface area (Å²) >= 11 is 6.51. The van der Waals surface area contributed by atoms with Gasteiger partial charge in [-0.1, -0.05) is 37.1 Å². The van der Waals surface area contributed by atoms with Crippen LogP contribution in [0.1, 0.15) is 81.9 Å². The van der Waals surface area contributed by atoms with Crippen LogP contribution < -0.4 is 5.32 Å². The molecule has 0 bridgehead atoms. The molecule has 46 heavy (non-hydrogen) atoms. The van der Waals surface area contributed by atoms with Gasteiger partial charge in [0.05, 0.1) is 6.61 Å². The van der Waals surface area contributed by atoms with Crippen LogP contribution in [-0.4, -0.2) is 79.1 Å². The van der Waals surface area contributed by atoms with E-state index in [1.165, 1.54) is 40.7 Å². The van der Waals surface area contributed by atoms with Crippen molar-refractivity contribution in [2.45, 2.75) is 85.2 Å². The van der Waals surface area contributed by atoms with Gasteiger partial charge in [-0.15, -0.1) is 0 Å². The number of hydrogen-bond donors (Lipinski definition) is 1. The molecule has 0 atom stereocenters. The van der Waals surface area contributed by atoms with Gasteiger partial charge in [0.1, 0.15) is 0 Å². The van der Waals surface area contributed by atoms with E-state index in [4.69, 9.17) is 16.3 Å². The fourth-order valence-corrected chi connectivity index (χ4v) is 7.99. The molecule has 0 saturated carbocycles. The average Bonchev–Trinajstić information content (AvgIpc) is 3.04. The third-order valence-electron chi connectivity index (χ3n) is 10.4. The van der Waals surface area contributed by atoms with Crippen LogP contribution in [0.4, 0.5) is 4.79 Å². The molecule has 252 valence electrons. The number of amides is 2. The zero-order valence-electron chi connectivity index (χ0n) is 28.4. The van der Waals surface area contributed by atoms with Gasteiger partial charge in [-0.25, -0.2) is 4.79 Å². The van der Waals surface area contributed by atoms with Gasteiger partial charge < -0.3 is 15.0 Å². The maximum Gasteiger partial charge on any atom is 0.409 e. The van der Waals surface area contributed by atoms with Crippen molar-refractivity contribution in [3.05, 3.63) is 58.1 Å². The average molecular weight is 651 g/mol. The first-order chi connectivity index (χ1) is 22.2. The van der Waals surface area contributed by atoms with Crippen molar-refractivity contribution < 1.29 is 14.3 Å². The fraction of sp³-hybridized carbons (Fsp3) is 0.632. The van der Waals surface area contributed by atoms with Crippen molar-refractivity contribution in [1.82, 2.24) is 20.0 Å². The predicted octanol–water partition coefficient (Wildman–Crippen LogP) is 7.52. The lowest BCUT2D eigenvalue weighted by atomic mass is 9.79. The number of aryl methyl sites for hydroxylation is 1. The highest BCUT2D eigenvalue weighted by Crippen LogP contribution is 2.34. The first-order valence-electron chi connectivity index (χ1n) is 17.8. The largest absolute Gasteiger partial charge is 0.449 e. The number of ether oxygens (including phenoxy) is 1. The van der Waals surface area contributed by atoms with E-state index < -0.39 is 0 Å². The molecular weight excluding hydrogens is 596 g/mol. The molecular formula is C38H55ClN4O3. The van der Waals surface area contributed by atoms with Crippen molar-refractivity contribution in [3.8, 4) is 11.1 Å². The lowest BCUT2D eigenvalue weighted by Crippen LogP contribution is -2.42. The number of nitrogens with one attached hydrogen (secondary N) is 1. The monoisotopic (exact) mass is 650 g/mol. The topological polar surface area (TPSA) is 65.1 Å². The molecule has 2 amide bonds. The Balaban J connectivity index is 1.18. The van der Waals surface area contributed by atoms with Gasteiger partial charge in [-0.2, -0.15) is 0 Å². The summed E-state index contributed by atoms with van der Waals surface area (Å²) in [5.74, 6) is 2.10. The van der Waals surface area contributed by atoms with Crippen molar-refractivity contribution in [2.75, 3.05) is 52.4 Å². The molecule has 3 fully saturated rings. The van der Waals surface area contributed by atoms with E-state index in [0.717, 1.165) is 108 Å². The molecule has 3 aliphatic rings. The van der Waals surface area contributed by atoms with Crippen LogP contribution in [0.15, 0.2) is 36.4 Å². The normalized spacial score (nSPS) is 19.3. The third-order valence-corrected chi connectivity index (χ3v) is 10.6. The summed E-state index contributed by atoms with van der Waals surface area (Å²) in [6.45, 7) is 15.1. The summed E-state index contributed by atoms with van der Waals surface area (Å²) in [7, 11) is 0. The van der Waals surface area contributed by atoms with Crippen molar-refractivity contribution in [2.24, 2.45) is 17.8 Å². The van der Waals surface area contributed by atoms with E-state index in [2.05, 4.69) is 59.3 Å². The lowest BCUT2D eigenvalue weighted by molar-refractivity contribution is -0.119. The van der Waals surface area contributed by atoms with E-state index in [1.54, 1.807) is 6.92 Å². The second kappa shape index (κ2) is 17.0. The SMILES string of the molecule is CCCCOC(=O)N1CCC(C2CCN(Cc3cc(CN4CCC(CNC(C)=O)CC4)cc(-c4cc(C)cc(Cl)c4)c3)CC2)CC1. The number of hydrogen-bond acceptors (Lipinski definition) is 5. The van der Waals surface area contributed by atoms with Crippen LogP contribution in [0, 0.1) is 24.7 Å². The van der Waals surface area contributed by atoms with Crippen LogP contribution in [0.3, 0.4) is 0 Å². The first kappa shape index (κ1) is 34.7. The predicted molar refractivity (Wildman–Crippen MR) is 187 cm³/mol. The molecule has 3 aliphatic heterocycles. The molecule has 8 heteroatoms. The molecule has 3 heterocycles. The number of piperidine rings is 3. The van der Waals surface area contributed by atoms with Gasteiger partial charge in [-0.3, -0.25) is 14.6 Å². The molecule has 0 aromatic heterocycles. The van der Waals surface area contributed by atoms with Crippen LogP contribution in [0.5, 0.6) is 0 Å². The quantitative estimate of drug-likeness (QED) is 0.255. The van der Waals surface area contributed by atoms with Crippen molar-refractivity contribution >= 4 is 23.6 Å². The van der Waals surface area contributed by atoms with Gasteiger partial charge in [0.15, 0.2) is 0 Å². The third kappa shape index (κ3) is 10.2. The number of likely N-dealkylation sites (tertiary alicyclic amines) is 3. The van der Waals surface area contributed by atoms with Crippen molar-refractivity contribution in [1.29, 1.82) is 0 Å². The first-order valence-corrected chi connectivity index (χ1v) is 18.1. The Hall–Kier alpha value is -2.61. The van der Waals surface area contributed by atoms with E-state index in [-0.39, 0.29) is 12.0 Å². The summed E-state index contributed by atoms with van der Waals surface area (Å²) in [5.41, 5.74) is 6.34. The van der Waals surface area contributed by atoms with Crippen LogP contribution >= 0.6 is 11.6 Å². The van der Waals surface area contributed by atoms with Crippen molar-refractivity contribution in [3.63, 3.8) is 0 Å². The Morgan fingerprint density at radius 2 is 1.37 bits per heavy atom. The molecule has 0 radical (unpaired) electrons. The minimum absolute atomic E-state index is 0.0642. The second-order valence-corrected chi connectivity index (χ2v) is 14.6. The number of rotatable bonds is 11. The Bertz CT molecular complexity index is 1270. The Labute approximate surface area is 282 Å². The minimum atomic E-state index is -0.123. The second-order valence-electron chi connectivity index (χ2n) is 14.1. The highest BCUT2D eigenvalue weighted by Gasteiger charge is 2.31. The van der Waals surface area contributed by atoms with E-state index in [0.29, 0.717) is 18.4 Å². The molecule has 2 aromatic rings. The molecule has 5 rings (SSSR count). The maximum absolute atomic E-state index is 12.4. The smallest absolute Gasteiger partial charge is 0.409 e. The number of nitrogens with zero attached hydrogens (tertiary/aromatic N) is 3.